The van der Waals surface area contributed by atoms with Gasteiger partial charge >= 0.3 is 5.69 Å². The van der Waals surface area contributed by atoms with E-state index in [4.69, 9.17) is 26.7 Å². The third-order valence-electron chi connectivity index (χ3n) is 2.82. The van der Waals surface area contributed by atoms with Crippen molar-refractivity contribution in [2.45, 2.75) is 24.5 Å². The van der Waals surface area contributed by atoms with Crippen LogP contribution in [0.5, 0.6) is 0 Å². The number of ether oxygens (including phenoxy) is 2. The second-order valence-electron chi connectivity index (χ2n) is 3.98. The molecule has 0 amide bonds. The van der Waals surface area contributed by atoms with Crippen LogP contribution in [0.2, 0.25) is 0 Å². The Morgan fingerprint density at radius 1 is 1.68 bits per heavy atom. The summed E-state index contributed by atoms with van der Waals surface area (Å²) < 4.78 is 11.3. The van der Waals surface area contributed by atoms with E-state index in [1.807, 2.05) is 6.11 Å². The normalized spacial score (nSPS) is 29.9. The first-order valence-corrected chi connectivity index (χ1v) is 5.48. The molecule has 1 aromatic heterocycles. The smallest absolute Gasteiger partial charge is 0.351 e. The lowest BCUT2D eigenvalue weighted by molar-refractivity contribution is -0.0549. The molecule has 1 aliphatic heterocycles. The minimum absolute atomic E-state index is 0.0591. The molecule has 1 aromatic rings. The summed E-state index contributed by atoms with van der Waals surface area (Å²) in [5.74, 6) is 0.0591. The Hall–Kier alpha value is -2.08. The Morgan fingerprint density at radius 3 is 3.00 bits per heavy atom. The van der Waals surface area contributed by atoms with Gasteiger partial charge in [-0.25, -0.2) is 4.79 Å². The van der Waals surface area contributed by atoms with Gasteiger partial charge in [0.1, 0.15) is 24.1 Å². The number of aromatic nitrogens is 2. The molecule has 0 bridgehead atoms. The Balaban J connectivity index is 2.31. The fourth-order valence-corrected chi connectivity index (χ4v) is 1.94. The molecule has 8 heteroatoms. The van der Waals surface area contributed by atoms with E-state index in [1.165, 1.54) is 12.3 Å². The van der Waals surface area contributed by atoms with E-state index < -0.39 is 36.8 Å². The van der Waals surface area contributed by atoms with Crippen molar-refractivity contribution < 1.29 is 19.7 Å². The summed E-state index contributed by atoms with van der Waals surface area (Å²) in [6.45, 7) is -0.406. The molecule has 1 fully saturated rings. The van der Waals surface area contributed by atoms with Gasteiger partial charge in [0.15, 0.2) is 12.3 Å². The summed E-state index contributed by atoms with van der Waals surface area (Å²) in [7, 11) is 0. The highest BCUT2D eigenvalue weighted by molar-refractivity contribution is 5.23. The fourth-order valence-electron chi connectivity index (χ4n) is 1.94. The summed E-state index contributed by atoms with van der Waals surface area (Å²) in [4.78, 5) is 15.2. The van der Waals surface area contributed by atoms with Crippen molar-refractivity contribution in [3.05, 3.63) is 22.7 Å². The van der Waals surface area contributed by atoms with E-state index >= 15 is 0 Å². The lowest BCUT2D eigenvalue weighted by Gasteiger charge is -2.17. The molecule has 2 unspecified atom stereocenters. The number of aliphatic hydroxyl groups excluding tert-OH is 2. The number of terminal acetylenes is 1. The SMILES string of the molecule is C#COC1C(O)[C@H](n2ccc(N)nc2=O)O[C@@H]1CO. The van der Waals surface area contributed by atoms with E-state index in [0.717, 1.165) is 4.57 Å². The van der Waals surface area contributed by atoms with Gasteiger partial charge in [0.2, 0.25) is 0 Å². The first-order valence-electron chi connectivity index (χ1n) is 5.48. The minimum atomic E-state index is -1.21. The van der Waals surface area contributed by atoms with Crippen LogP contribution in [0, 0.1) is 12.5 Å². The maximum absolute atomic E-state index is 11.7. The van der Waals surface area contributed by atoms with Crippen molar-refractivity contribution in [2.24, 2.45) is 0 Å². The monoisotopic (exact) mass is 267 g/mol. The van der Waals surface area contributed by atoms with Gasteiger partial charge in [0.25, 0.3) is 0 Å². The van der Waals surface area contributed by atoms with E-state index in [0.29, 0.717) is 0 Å². The molecule has 2 heterocycles. The molecule has 0 spiro atoms. The van der Waals surface area contributed by atoms with Crippen molar-refractivity contribution in [2.75, 3.05) is 12.3 Å². The molecule has 0 aromatic carbocycles. The number of anilines is 1. The van der Waals surface area contributed by atoms with Crippen molar-refractivity contribution in [1.82, 2.24) is 9.55 Å². The molecular formula is C11H13N3O5. The van der Waals surface area contributed by atoms with Crippen LogP contribution in [-0.2, 0) is 9.47 Å². The highest BCUT2D eigenvalue weighted by atomic mass is 16.6. The van der Waals surface area contributed by atoms with Crippen LogP contribution in [-0.4, -0.2) is 44.7 Å². The Kier molecular flexibility index (Phi) is 3.71. The quantitative estimate of drug-likeness (QED) is 0.544. The third kappa shape index (κ3) is 2.39. The second-order valence-corrected chi connectivity index (χ2v) is 3.98. The van der Waals surface area contributed by atoms with Gasteiger partial charge in [0.05, 0.1) is 6.61 Å². The van der Waals surface area contributed by atoms with Gasteiger partial charge in [-0.05, 0) is 6.07 Å². The maximum atomic E-state index is 11.7. The Labute approximate surface area is 108 Å². The average Bonchev–Trinajstić information content (AvgIpc) is 2.68. The number of nitrogens with zero attached hydrogens (tertiary/aromatic N) is 2. The summed E-state index contributed by atoms with van der Waals surface area (Å²) >= 11 is 0. The third-order valence-corrected chi connectivity index (χ3v) is 2.82. The summed E-state index contributed by atoms with van der Waals surface area (Å²) in [5.41, 5.74) is 4.69. The van der Waals surface area contributed by atoms with Crippen LogP contribution >= 0.6 is 0 Å². The predicted octanol–water partition coefficient (Wildman–Crippen LogP) is -1.95. The molecule has 8 nitrogen and oxygen atoms in total. The number of aliphatic hydroxyl groups is 2. The molecule has 102 valence electrons. The molecule has 4 N–H and O–H groups in total. The second kappa shape index (κ2) is 5.27. The predicted molar refractivity (Wildman–Crippen MR) is 63.6 cm³/mol. The highest BCUT2D eigenvalue weighted by Crippen LogP contribution is 2.30. The van der Waals surface area contributed by atoms with Crippen LogP contribution < -0.4 is 11.4 Å². The standard InChI is InChI=1S/C11H13N3O5/c1-2-18-9-6(5-15)19-10(8(9)16)14-4-3-7(12)13-11(14)17/h1,3-4,6,8-10,15-16H,5H2,(H2,12,13,17)/t6-,8?,9?,10-/m1/s1. The molecule has 1 aliphatic rings. The van der Waals surface area contributed by atoms with Crippen molar-refractivity contribution in [1.29, 1.82) is 0 Å². The van der Waals surface area contributed by atoms with Crippen molar-refractivity contribution in [3.63, 3.8) is 0 Å². The van der Waals surface area contributed by atoms with Gasteiger partial charge in [-0.1, -0.05) is 6.42 Å². The van der Waals surface area contributed by atoms with E-state index in [-0.39, 0.29) is 5.82 Å². The molecule has 0 radical (unpaired) electrons. The summed E-state index contributed by atoms with van der Waals surface area (Å²) in [5, 5.41) is 19.2. The maximum Gasteiger partial charge on any atom is 0.351 e. The van der Waals surface area contributed by atoms with Crippen LogP contribution in [0.4, 0.5) is 5.82 Å². The van der Waals surface area contributed by atoms with Gasteiger partial charge < -0.3 is 25.4 Å². The van der Waals surface area contributed by atoms with Crippen LogP contribution in [0.25, 0.3) is 0 Å². The molecule has 0 aliphatic carbocycles. The van der Waals surface area contributed by atoms with Crippen molar-refractivity contribution >= 4 is 5.82 Å². The number of nitrogens with two attached hydrogens (primary N) is 1. The van der Waals surface area contributed by atoms with E-state index in [2.05, 4.69) is 4.98 Å². The molecular weight excluding hydrogens is 254 g/mol. The molecule has 1 saturated heterocycles. The molecule has 0 saturated carbocycles. The van der Waals surface area contributed by atoms with Crippen LogP contribution in [0.3, 0.4) is 0 Å². The lowest BCUT2D eigenvalue weighted by Crippen LogP contribution is -2.37. The van der Waals surface area contributed by atoms with Gasteiger partial charge in [0, 0.05) is 6.20 Å². The first kappa shape index (κ1) is 13.4. The largest absolute Gasteiger partial charge is 0.438 e. The number of rotatable bonds is 3. The summed E-state index contributed by atoms with van der Waals surface area (Å²) in [6, 6.07) is 1.39. The molecule has 19 heavy (non-hydrogen) atoms. The summed E-state index contributed by atoms with van der Waals surface area (Å²) in [6.07, 6.45) is 4.25. The Morgan fingerprint density at radius 2 is 2.42 bits per heavy atom. The van der Waals surface area contributed by atoms with E-state index in [1.54, 1.807) is 0 Å². The highest BCUT2D eigenvalue weighted by Gasteiger charge is 2.46. The minimum Gasteiger partial charge on any atom is -0.438 e. The first-order chi connectivity index (χ1) is 9.08. The Bertz CT molecular complexity index is 552. The average molecular weight is 267 g/mol. The zero-order valence-corrected chi connectivity index (χ0v) is 9.84. The molecule has 2 rings (SSSR count). The van der Waals surface area contributed by atoms with Crippen LogP contribution in [0.15, 0.2) is 17.1 Å². The number of nitrogen functional groups attached to an aromatic ring is 1. The van der Waals surface area contributed by atoms with E-state index in [9.17, 15) is 9.90 Å². The fraction of sp³-hybridized carbons (Fsp3) is 0.455. The van der Waals surface area contributed by atoms with Crippen molar-refractivity contribution in [3.8, 4) is 12.5 Å². The zero-order chi connectivity index (χ0) is 14.0. The lowest BCUT2D eigenvalue weighted by atomic mass is 10.1. The van der Waals surface area contributed by atoms with Gasteiger partial charge in [-0.3, -0.25) is 4.57 Å². The van der Waals surface area contributed by atoms with Crippen LogP contribution in [0.1, 0.15) is 6.23 Å². The zero-order valence-electron chi connectivity index (χ0n) is 9.84. The topological polar surface area (TPSA) is 120 Å². The van der Waals surface area contributed by atoms with Gasteiger partial charge in [-0.15, -0.1) is 0 Å². The molecule has 4 atom stereocenters. The van der Waals surface area contributed by atoms with Gasteiger partial charge in [-0.2, -0.15) is 4.98 Å². The number of hydrogen-bond donors (Lipinski definition) is 3. The number of hydrogen-bond acceptors (Lipinski definition) is 7.